The van der Waals surface area contributed by atoms with Gasteiger partial charge in [0.15, 0.2) is 0 Å². The lowest BCUT2D eigenvalue weighted by atomic mass is 10.0. The van der Waals surface area contributed by atoms with Gasteiger partial charge in [-0.2, -0.15) is 0 Å². The molecule has 0 radical (unpaired) electrons. The molecular formula is C33H45NO2S. The number of fused-ring (bicyclic) bond motifs is 3. The topological polar surface area (TPSA) is 37.4 Å². The molecule has 0 spiro atoms. The van der Waals surface area contributed by atoms with Crippen molar-refractivity contribution in [2.24, 2.45) is 0 Å². The third kappa shape index (κ3) is 7.72. The number of nitrogens with zero attached hydrogens (tertiary/aromatic N) is 1. The van der Waals surface area contributed by atoms with Crippen molar-refractivity contribution in [1.29, 1.82) is 0 Å². The fourth-order valence-corrected chi connectivity index (χ4v) is 6.96. The molecule has 0 saturated carbocycles. The Morgan fingerprint density at radius 1 is 0.730 bits per heavy atom. The van der Waals surface area contributed by atoms with Crippen LogP contribution in [0.5, 0.6) is 0 Å². The van der Waals surface area contributed by atoms with Crippen LogP contribution in [0, 0.1) is 0 Å². The van der Waals surface area contributed by atoms with Crippen LogP contribution in [-0.4, -0.2) is 22.8 Å². The van der Waals surface area contributed by atoms with Crippen molar-refractivity contribution in [2.75, 3.05) is 10.7 Å². The molecule has 2 amide bonds. The second-order valence-corrected chi connectivity index (χ2v) is 12.2. The molecule has 2 aromatic carbocycles. The Labute approximate surface area is 228 Å². The third-order valence-electron chi connectivity index (χ3n) is 7.96. The number of amides is 2. The summed E-state index contributed by atoms with van der Waals surface area (Å²) in [4.78, 5) is 27.3. The summed E-state index contributed by atoms with van der Waals surface area (Å²) < 4.78 is 0. The molecule has 1 fully saturated rings. The molecule has 2 aliphatic rings. The molecular weight excluding hydrogens is 474 g/mol. The van der Waals surface area contributed by atoms with E-state index >= 15 is 0 Å². The van der Waals surface area contributed by atoms with Crippen LogP contribution in [0.15, 0.2) is 42.5 Å². The Balaban J connectivity index is 1.08. The zero-order valence-electron chi connectivity index (χ0n) is 22.8. The predicted molar refractivity (Wildman–Crippen MR) is 158 cm³/mol. The van der Waals surface area contributed by atoms with Gasteiger partial charge in [-0.1, -0.05) is 121 Å². The van der Waals surface area contributed by atoms with Crippen molar-refractivity contribution in [3.8, 4) is 11.1 Å². The number of hydrogen-bond acceptors (Lipinski definition) is 3. The van der Waals surface area contributed by atoms with Crippen molar-refractivity contribution in [3.05, 3.63) is 53.6 Å². The van der Waals surface area contributed by atoms with Gasteiger partial charge in [-0.3, -0.25) is 9.59 Å². The number of rotatable bonds is 17. The van der Waals surface area contributed by atoms with E-state index in [0.717, 1.165) is 24.3 Å². The van der Waals surface area contributed by atoms with Gasteiger partial charge in [0, 0.05) is 6.42 Å². The first kappa shape index (κ1) is 28.0. The molecule has 0 N–H and O–H groups in total. The van der Waals surface area contributed by atoms with E-state index in [0.29, 0.717) is 6.42 Å². The SMILES string of the molecule is CCCCCCCCCCCCCCCCSC1CC(=O)N(c2ccc3c(c2)Cc2ccccc2-3)C1=O. The van der Waals surface area contributed by atoms with Gasteiger partial charge in [-0.15, -0.1) is 11.8 Å². The van der Waals surface area contributed by atoms with E-state index in [1.165, 1.54) is 111 Å². The zero-order chi connectivity index (χ0) is 25.9. The fourth-order valence-electron chi connectivity index (χ4n) is 5.80. The quantitative estimate of drug-likeness (QED) is 0.132. The highest BCUT2D eigenvalue weighted by Gasteiger charge is 2.40. The van der Waals surface area contributed by atoms with Gasteiger partial charge in [-0.05, 0) is 53.0 Å². The lowest BCUT2D eigenvalue weighted by molar-refractivity contribution is -0.121. The maximum Gasteiger partial charge on any atom is 0.247 e. The summed E-state index contributed by atoms with van der Waals surface area (Å²) in [5, 5.41) is -0.222. The van der Waals surface area contributed by atoms with Crippen molar-refractivity contribution >= 4 is 29.3 Å². The van der Waals surface area contributed by atoms with Gasteiger partial charge in [0.1, 0.15) is 0 Å². The van der Waals surface area contributed by atoms with Gasteiger partial charge in [0.05, 0.1) is 10.9 Å². The van der Waals surface area contributed by atoms with Crippen LogP contribution in [0.4, 0.5) is 5.69 Å². The van der Waals surface area contributed by atoms with Gasteiger partial charge in [0.2, 0.25) is 11.8 Å². The van der Waals surface area contributed by atoms with Crippen molar-refractivity contribution in [2.45, 2.75) is 115 Å². The lowest BCUT2D eigenvalue weighted by Crippen LogP contribution is -2.31. The Morgan fingerprint density at radius 3 is 2.00 bits per heavy atom. The van der Waals surface area contributed by atoms with Crippen LogP contribution < -0.4 is 4.90 Å². The minimum atomic E-state index is -0.222. The van der Waals surface area contributed by atoms with Crippen LogP contribution in [0.3, 0.4) is 0 Å². The Hall–Kier alpha value is -2.07. The molecule has 1 saturated heterocycles. The molecule has 1 aliphatic heterocycles. The van der Waals surface area contributed by atoms with Crippen molar-refractivity contribution in [1.82, 2.24) is 0 Å². The number of hydrogen-bond donors (Lipinski definition) is 0. The molecule has 200 valence electrons. The molecule has 1 unspecified atom stereocenters. The number of unbranched alkanes of at least 4 members (excludes halogenated alkanes) is 13. The summed E-state index contributed by atoms with van der Waals surface area (Å²) >= 11 is 1.68. The van der Waals surface area contributed by atoms with Crippen LogP contribution >= 0.6 is 11.8 Å². The Morgan fingerprint density at radius 2 is 1.32 bits per heavy atom. The van der Waals surface area contributed by atoms with Crippen LogP contribution in [0.25, 0.3) is 11.1 Å². The first-order valence-electron chi connectivity index (χ1n) is 14.9. The number of carbonyl (C=O) groups excluding carboxylic acids is 2. The molecule has 1 atom stereocenters. The molecule has 0 aromatic heterocycles. The Kier molecular flexibility index (Phi) is 11.1. The average Bonchev–Trinajstić information content (AvgIpc) is 3.41. The molecule has 1 heterocycles. The first-order chi connectivity index (χ1) is 18.2. The lowest BCUT2D eigenvalue weighted by Gasteiger charge is -2.16. The molecule has 0 bridgehead atoms. The molecule has 37 heavy (non-hydrogen) atoms. The van der Waals surface area contributed by atoms with E-state index in [2.05, 4.69) is 37.3 Å². The standard InChI is InChI=1S/C33H45NO2S/c1-2-3-4-5-6-7-8-9-10-11-12-13-14-17-22-37-31-25-32(35)34(33(31)36)28-20-21-30-27(24-28)23-26-18-15-16-19-29(26)30/h15-16,18-21,24,31H,2-14,17,22-23,25H2,1H3. The minimum Gasteiger partial charge on any atom is -0.274 e. The van der Waals surface area contributed by atoms with Gasteiger partial charge < -0.3 is 0 Å². The number of anilines is 1. The van der Waals surface area contributed by atoms with E-state index in [4.69, 9.17) is 0 Å². The fraction of sp³-hybridized carbons (Fsp3) is 0.576. The normalized spacial score (nSPS) is 16.5. The highest BCUT2D eigenvalue weighted by atomic mass is 32.2. The highest BCUT2D eigenvalue weighted by molar-refractivity contribution is 8.00. The second kappa shape index (κ2) is 14.8. The van der Waals surface area contributed by atoms with Gasteiger partial charge in [0.25, 0.3) is 0 Å². The summed E-state index contributed by atoms with van der Waals surface area (Å²) in [5.74, 6) is 0.879. The smallest absolute Gasteiger partial charge is 0.247 e. The minimum absolute atomic E-state index is 0.0316. The summed E-state index contributed by atoms with van der Waals surface area (Å²) in [6.45, 7) is 2.28. The summed E-state index contributed by atoms with van der Waals surface area (Å²) in [6, 6.07) is 14.5. The third-order valence-corrected chi connectivity index (χ3v) is 9.25. The van der Waals surface area contributed by atoms with E-state index in [9.17, 15) is 9.59 Å². The number of imide groups is 1. The molecule has 3 nitrogen and oxygen atoms in total. The average molecular weight is 520 g/mol. The summed E-state index contributed by atoms with van der Waals surface area (Å²) in [5.41, 5.74) is 5.75. The molecule has 4 rings (SSSR count). The summed E-state index contributed by atoms with van der Waals surface area (Å²) in [6.07, 6.45) is 20.2. The van der Waals surface area contributed by atoms with Crippen LogP contribution in [0.2, 0.25) is 0 Å². The maximum atomic E-state index is 13.1. The van der Waals surface area contributed by atoms with Gasteiger partial charge in [-0.25, -0.2) is 4.90 Å². The highest BCUT2D eigenvalue weighted by Crippen LogP contribution is 2.39. The predicted octanol–water partition coefficient (Wildman–Crippen LogP) is 9.10. The summed E-state index contributed by atoms with van der Waals surface area (Å²) in [7, 11) is 0. The maximum absolute atomic E-state index is 13.1. The van der Waals surface area contributed by atoms with E-state index in [-0.39, 0.29) is 17.1 Å². The molecule has 1 aliphatic carbocycles. The Bertz CT molecular complexity index is 1030. The van der Waals surface area contributed by atoms with E-state index < -0.39 is 0 Å². The van der Waals surface area contributed by atoms with Crippen LogP contribution in [0.1, 0.15) is 114 Å². The molecule has 2 aromatic rings. The van der Waals surface area contributed by atoms with Crippen LogP contribution in [-0.2, 0) is 16.0 Å². The van der Waals surface area contributed by atoms with Crippen molar-refractivity contribution in [3.63, 3.8) is 0 Å². The van der Waals surface area contributed by atoms with E-state index in [1.54, 1.807) is 11.8 Å². The first-order valence-corrected chi connectivity index (χ1v) is 15.9. The van der Waals surface area contributed by atoms with Crippen molar-refractivity contribution < 1.29 is 9.59 Å². The monoisotopic (exact) mass is 519 g/mol. The number of thioether (sulfide) groups is 1. The largest absolute Gasteiger partial charge is 0.274 e. The number of benzene rings is 2. The van der Waals surface area contributed by atoms with Gasteiger partial charge >= 0.3 is 0 Å². The number of carbonyl (C=O) groups is 2. The molecule has 4 heteroatoms. The van der Waals surface area contributed by atoms with E-state index in [1.807, 2.05) is 12.1 Å². The zero-order valence-corrected chi connectivity index (χ0v) is 23.6. The second-order valence-electron chi connectivity index (χ2n) is 10.9.